The largest absolute Gasteiger partial charge is 0.353 e. The molecule has 0 aromatic rings. The van der Waals surface area contributed by atoms with Crippen molar-refractivity contribution in [3.05, 3.63) is 0 Å². The van der Waals surface area contributed by atoms with Gasteiger partial charge in [0.05, 0.1) is 12.2 Å². The van der Waals surface area contributed by atoms with Gasteiger partial charge in [-0.25, -0.2) is 12.7 Å². The van der Waals surface area contributed by atoms with Gasteiger partial charge in [0, 0.05) is 37.6 Å². The van der Waals surface area contributed by atoms with Crippen molar-refractivity contribution in [2.45, 2.75) is 52.5 Å². The van der Waals surface area contributed by atoms with Crippen molar-refractivity contribution >= 4 is 21.8 Å². The highest BCUT2D eigenvalue weighted by molar-refractivity contribution is 7.88. The molecular weight excluding hydrogens is 342 g/mol. The Morgan fingerprint density at radius 1 is 1.04 bits per heavy atom. The number of amides is 2. The highest BCUT2D eigenvalue weighted by atomic mass is 32.2. The van der Waals surface area contributed by atoms with Crippen LogP contribution < -0.4 is 5.32 Å². The van der Waals surface area contributed by atoms with E-state index in [1.807, 2.05) is 20.8 Å². The minimum absolute atomic E-state index is 0.00999. The summed E-state index contributed by atoms with van der Waals surface area (Å²) in [6.07, 6.45) is 4.12. The number of nitrogens with one attached hydrogen (secondary N) is 1. The summed E-state index contributed by atoms with van der Waals surface area (Å²) in [6.45, 7) is 7.78. The maximum Gasteiger partial charge on any atom is 0.227 e. The van der Waals surface area contributed by atoms with Crippen molar-refractivity contribution in [3.8, 4) is 0 Å². The number of hydrogen-bond donors (Lipinski definition) is 1. The third-order valence-electron chi connectivity index (χ3n) is 4.99. The fourth-order valence-electron chi connectivity index (χ4n) is 3.50. The molecule has 2 rings (SSSR count). The third-order valence-corrected chi connectivity index (χ3v) is 6.29. The van der Waals surface area contributed by atoms with Crippen LogP contribution in [0.5, 0.6) is 0 Å². The Bertz CT molecular complexity index is 604. The van der Waals surface area contributed by atoms with Crippen LogP contribution >= 0.6 is 0 Å². The lowest BCUT2D eigenvalue weighted by Crippen LogP contribution is -2.52. The first-order valence-corrected chi connectivity index (χ1v) is 10.9. The SMILES string of the molecule is CC(C)(C)C(=O)N1CCCC(C(=O)NC2CCN(S(C)(=O)=O)CC2)C1. The van der Waals surface area contributed by atoms with Gasteiger partial charge < -0.3 is 10.2 Å². The molecule has 25 heavy (non-hydrogen) atoms. The Labute approximate surface area is 151 Å². The summed E-state index contributed by atoms with van der Waals surface area (Å²) >= 11 is 0. The molecule has 0 radical (unpaired) electrons. The normalized spacial score (nSPS) is 24.2. The van der Waals surface area contributed by atoms with Crippen molar-refractivity contribution < 1.29 is 18.0 Å². The number of sulfonamides is 1. The van der Waals surface area contributed by atoms with E-state index in [-0.39, 0.29) is 23.8 Å². The van der Waals surface area contributed by atoms with Gasteiger partial charge in [-0.2, -0.15) is 0 Å². The first kappa shape index (κ1) is 20.2. The zero-order valence-corrected chi connectivity index (χ0v) is 16.6. The molecule has 0 aromatic heterocycles. The van der Waals surface area contributed by atoms with Crippen LogP contribution in [0.4, 0.5) is 0 Å². The van der Waals surface area contributed by atoms with Crippen molar-refractivity contribution in [1.29, 1.82) is 0 Å². The summed E-state index contributed by atoms with van der Waals surface area (Å²) in [7, 11) is -3.15. The Balaban J connectivity index is 1.86. The molecule has 0 aromatic carbocycles. The average molecular weight is 374 g/mol. The van der Waals surface area contributed by atoms with Gasteiger partial charge in [-0.15, -0.1) is 0 Å². The molecule has 2 amide bonds. The second-order valence-corrected chi connectivity index (χ2v) is 10.3. The first-order chi connectivity index (χ1) is 11.5. The van der Waals surface area contributed by atoms with Gasteiger partial charge in [-0.05, 0) is 25.7 Å². The van der Waals surface area contributed by atoms with E-state index in [0.717, 1.165) is 12.8 Å². The second kappa shape index (κ2) is 7.61. The summed E-state index contributed by atoms with van der Waals surface area (Å²) in [5, 5.41) is 3.06. The molecule has 8 heteroatoms. The predicted octanol–water partition coefficient (Wildman–Crippen LogP) is 0.811. The number of rotatable bonds is 3. The third kappa shape index (κ3) is 5.41. The van der Waals surface area contributed by atoms with Gasteiger partial charge in [0.1, 0.15) is 0 Å². The van der Waals surface area contributed by atoms with Crippen molar-refractivity contribution in [1.82, 2.24) is 14.5 Å². The van der Waals surface area contributed by atoms with E-state index in [9.17, 15) is 18.0 Å². The Kier molecular flexibility index (Phi) is 6.14. The van der Waals surface area contributed by atoms with Gasteiger partial charge in [0.25, 0.3) is 0 Å². The zero-order chi connectivity index (χ0) is 18.8. The molecule has 0 spiro atoms. The Hall–Kier alpha value is -1.15. The standard InChI is InChI=1S/C17H31N3O4S/c1-17(2,3)16(22)19-9-5-6-13(12-19)15(21)18-14-7-10-20(11-8-14)25(4,23)24/h13-14H,5-12H2,1-4H3,(H,18,21). The van der Waals surface area contributed by atoms with E-state index < -0.39 is 15.4 Å². The molecule has 0 saturated carbocycles. The minimum Gasteiger partial charge on any atom is -0.353 e. The van der Waals surface area contributed by atoms with Gasteiger partial charge >= 0.3 is 0 Å². The van der Waals surface area contributed by atoms with Crippen LogP contribution in [-0.4, -0.2) is 67.9 Å². The first-order valence-electron chi connectivity index (χ1n) is 9.03. The highest BCUT2D eigenvalue weighted by Crippen LogP contribution is 2.24. The van der Waals surface area contributed by atoms with E-state index >= 15 is 0 Å². The molecular formula is C17H31N3O4S. The molecule has 0 aliphatic carbocycles. The number of carbonyl (C=O) groups is 2. The smallest absolute Gasteiger partial charge is 0.227 e. The molecule has 0 bridgehead atoms. The quantitative estimate of drug-likeness (QED) is 0.793. The average Bonchev–Trinajstić information content (AvgIpc) is 2.53. The van der Waals surface area contributed by atoms with Gasteiger partial charge in [0.15, 0.2) is 0 Å². The van der Waals surface area contributed by atoms with Crippen LogP contribution in [0.3, 0.4) is 0 Å². The monoisotopic (exact) mass is 373 g/mol. The van der Waals surface area contributed by atoms with E-state index in [1.165, 1.54) is 10.6 Å². The molecule has 1 unspecified atom stereocenters. The van der Waals surface area contributed by atoms with Crippen molar-refractivity contribution in [3.63, 3.8) is 0 Å². The fraction of sp³-hybridized carbons (Fsp3) is 0.882. The maximum absolute atomic E-state index is 12.6. The highest BCUT2D eigenvalue weighted by Gasteiger charge is 2.34. The summed E-state index contributed by atoms with van der Waals surface area (Å²) in [5.41, 5.74) is -0.434. The molecule has 2 fully saturated rings. The Morgan fingerprint density at radius 3 is 2.16 bits per heavy atom. The fourth-order valence-corrected chi connectivity index (χ4v) is 4.37. The van der Waals surface area contributed by atoms with E-state index in [0.29, 0.717) is 39.0 Å². The van der Waals surface area contributed by atoms with Crippen LogP contribution in [0.15, 0.2) is 0 Å². The molecule has 2 heterocycles. The summed E-state index contributed by atoms with van der Waals surface area (Å²) in [4.78, 5) is 26.8. The topological polar surface area (TPSA) is 86.8 Å². The number of piperidine rings is 2. The van der Waals surface area contributed by atoms with Crippen LogP contribution in [0, 0.1) is 11.3 Å². The number of hydrogen-bond acceptors (Lipinski definition) is 4. The van der Waals surface area contributed by atoms with Crippen molar-refractivity contribution in [2.75, 3.05) is 32.4 Å². The molecule has 1 atom stereocenters. The van der Waals surface area contributed by atoms with Gasteiger partial charge in [-0.3, -0.25) is 9.59 Å². The lowest BCUT2D eigenvalue weighted by molar-refractivity contribution is -0.143. The summed E-state index contributed by atoms with van der Waals surface area (Å²) in [6, 6.07) is 0.0131. The maximum atomic E-state index is 12.6. The number of likely N-dealkylation sites (tertiary alicyclic amines) is 1. The molecule has 2 aliphatic heterocycles. The number of carbonyl (C=O) groups excluding carboxylic acids is 2. The van der Waals surface area contributed by atoms with Gasteiger partial charge in [0.2, 0.25) is 21.8 Å². The van der Waals surface area contributed by atoms with E-state index in [1.54, 1.807) is 4.90 Å². The molecule has 7 nitrogen and oxygen atoms in total. The van der Waals surface area contributed by atoms with E-state index in [2.05, 4.69) is 5.32 Å². The minimum atomic E-state index is -3.15. The Morgan fingerprint density at radius 2 is 1.64 bits per heavy atom. The predicted molar refractivity (Wildman–Crippen MR) is 96.3 cm³/mol. The lowest BCUT2D eigenvalue weighted by Gasteiger charge is -2.37. The van der Waals surface area contributed by atoms with Gasteiger partial charge in [-0.1, -0.05) is 20.8 Å². The molecule has 2 aliphatic rings. The van der Waals surface area contributed by atoms with E-state index in [4.69, 9.17) is 0 Å². The summed E-state index contributed by atoms with van der Waals surface area (Å²) in [5.74, 6) is -0.0938. The molecule has 1 N–H and O–H groups in total. The van der Waals surface area contributed by atoms with Crippen LogP contribution in [0.2, 0.25) is 0 Å². The van der Waals surface area contributed by atoms with Crippen LogP contribution in [0.25, 0.3) is 0 Å². The second-order valence-electron chi connectivity index (χ2n) is 8.29. The lowest BCUT2D eigenvalue weighted by atomic mass is 9.90. The molecule has 144 valence electrons. The molecule has 2 saturated heterocycles. The van der Waals surface area contributed by atoms with Crippen LogP contribution in [0.1, 0.15) is 46.5 Å². The summed E-state index contributed by atoms with van der Waals surface area (Å²) < 4.78 is 24.5. The zero-order valence-electron chi connectivity index (χ0n) is 15.7. The van der Waals surface area contributed by atoms with Crippen molar-refractivity contribution in [2.24, 2.45) is 11.3 Å². The number of nitrogens with zero attached hydrogens (tertiary/aromatic N) is 2. The van der Waals surface area contributed by atoms with Crippen LogP contribution in [-0.2, 0) is 19.6 Å².